The summed E-state index contributed by atoms with van der Waals surface area (Å²) in [4.78, 5) is 25.7. The van der Waals surface area contributed by atoms with Gasteiger partial charge in [-0.1, -0.05) is 24.3 Å². The number of aryl methyl sites for hydroxylation is 2. The van der Waals surface area contributed by atoms with Crippen LogP contribution in [0, 0.1) is 13.8 Å². The summed E-state index contributed by atoms with van der Waals surface area (Å²) in [6.45, 7) is 10.1. The van der Waals surface area contributed by atoms with Crippen molar-refractivity contribution in [2.24, 2.45) is 0 Å². The zero-order valence-electron chi connectivity index (χ0n) is 20.8. The lowest BCUT2D eigenvalue weighted by atomic mass is 10.1. The van der Waals surface area contributed by atoms with Crippen molar-refractivity contribution in [1.82, 2.24) is 0 Å². The molecule has 7 heteroatoms. The van der Waals surface area contributed by atoms with Gasteiger partial charge in [0.2, 0.25) is 0 Å². The van der Waals surface area contributed by atoms with Crippen LogP contribution in [0.15, 0.2) is 60.7 Å². The first kappa shape index (κ1) is 25.6. The lowest BCUT2D eigenvalue weighted by molar-refractivity contribution is -0.122. The van der Waals surface area contributed by atoms with E-state index < -0.39 is 6.10 Å². The van der Waals surface area contributed by atoms with E-state index in [1.165, 1.54) is 0 Å². The third-order valence-corrected chi connectivity index (χ3v) is 5.10. The second kappa shape index (κ2) is 11.9. The number of rotatable bonds is 10. The predicted molar refractivity (Wildman–Crippen MR) is 138 cm³/mol. The Morgan fingerprint density at radius 1 is 0.800 bits per heavy atom. The summed E-state index contributed by atoms with van der Waals surface area (Å²) in [7, 11) is 0. The Labute approximate surface area is 206 Å². The van der Waals surface area contributed by atoms with Gasteiger partial charge in [-0.2, -0.15) is 0 Å². The molecule has 7 nitrogen and oxygen atoms in total. The third kappa shape index (κ3) is 6.99. The molecule has 0 aromatic heterocycles. The van der Waals surface area contributed by atoms with Gasteiger partial charge in [-0.3, -0.25) is 9.59 Å². The highest BCUT2D eigenvalue weighted by Gasteiger charge is 2.20. The maximum atomic E-state index is 13.0. The molecule has 3 aromatic carbocycles. The largest absolute Gasteiger partial charge is 0.492 e. The summed E-state index contributed by atoms with van der Waals surface area (Å²) in [5.74, 6) is 0.837. The SMILES string of the molecule is CCOc1cc(NC(=O)C(C)Oc2cc(C)cc(C)c2)c(OCC)cc1NC(=O)c1ccccc1. The number of carbonyl (C=O) groups excluding carboxylic acids is 2. The quantitative estimate of drug-likeness (QED) is 0.389. The molecular formula is C28H32N2O5. The van der Waals surface area contributed by atoms with Gasteiger partial charge in [-0.25, -0.2) is 0 Å². The maximum Gasteiger partial charge on any atom is 0.265 e. The van der Waals surface area contributed by atoms with Crippen LogP contribution in [0.4, 0.5) is 11.4 Å². The monoisotopic (exact) mass is 476 g/mol. The molecule has 1 atom stereocenters. The van der Waals surface area contributed by atoms with E-state index in [1.807, 2.05) is 52.0 Å². The molecule has 0 aliphatic rings. The summed E-state index contributed by atoms with van der Waals surface area (Å²) in [6.07, 6.45) is -0.751. The number of nitrogens with one attached hydrogen (secondary N) is 2. The molecule has 0 bridgehead atoms. The first-order valence-electron chi connectivity index (χ1n) is 11.7. The second-order valence-corrected chi connectivity index (χ2v) is 8.10. The molecule has 0 heterocycles. The smallest absolute Gasteiger partial charge is 0.265 e. The number of hydrogen-bond acceptors (Lipinski definition) is 5. The number of carbonyl (C=O) groups is 2. The van der Waals surface area contributed by atoms with Crippen LogP contribution in [-0.2, 0) is 4.79 Å². The number of benzene rings is 3. The Balaban J connectivity index is 1.84. The van der Waals surface area contributed by atoms with Crippen molar-refractivity contribution in [1.29, 1.82) is 0 Å². The topological polar surface area (TPSA) is 85.9 Å². The highest BCUT2D eigenvalue weighted by molar-refractivity contribution is 6.05. The number of ether oxygens (including phenoxy) is 3. The van der Waals surface area contributed by atoms with E-state index in [0.29, 0.717) is 47.4 Å². The van der Waals surface area contributed by atoms with E-state index in [4.69, 9.17) is 14.2 Å². The molecule has 2 N–H and O–H groups in total. The minimum absolute atomic E-state index is 0.277. The fourth-order valence-electron chi connectivity index (χ4n) is 3.58. The summed E-state index contributed by atoms with van der Waals surface area (Å²) < 4.78 is 17.4. The van der Waals surface area contributed by atoms with Gasteiger partial charge < -0.3 is 24.8 Å². The van der Waals surface area contributed by atoms with E-state index in [0.717, 1.165) is 11.1 Å². The lowest BCUT2D eigenvalue weighted by Crippen LogP contribution is -2.30. The number of hydrogen-bond donors (Lipinski definition) is 2. The Bertz CT molecular complexity index is 1160. The molecule has 3 aromatic rings. The number of amides is 2. The fourth-order valence-corrected chi connectivity index (χ4v) is 3.58. The average molecular weight is 477 g/mol. The Morgan fingerprint density at radius 2 is 1.34 bits per heavy atom. The molecule has 184 valence electrons. The molecule has 3 rings (SSSR count). The average Bonchev–Trinajstić information content (AvgIpc) is 2.81. The summed E-state index contributed by atoms with van der Waals surface area (Å²) >= 11 is 0. The van der Waals surface area contributed by atoms with Crippen molar-refractivity contribution in [2.75, 3.05) is 23.8 Å². The van der Waals surface area contributed by atoms with Crippen LogP contribution in [0.5, 0.6) is 17.2 Å². The standard InChI is InChI=1S/C28H32N2O5/c1-6-33-25-17-24(30-28(32)21-11-9-8-10-12-21)26(34-7-2)16-23(25)29-27(31)20(5)35-22-14-18(3)13-19(4)15-22/h8-17,20H,6-7H2,1-5H3,(H,29,31)(H,30,32). The van der Waals surface area contributed by atoms with E-state index in [2.05, 4.69) is 10.6 Å². The zero-order chi connectivity index (χ0) is 25.4. The van der Waals surface area contributed by atoms with Crippen LogP contribution < -0.4 is 24.8 Å². The Kier molecular flexibility index (Phi) is 8.73. The molecule has 35 heavy (non-hydrogen) atoms. The van der Waals surface area contributed by atoms with Crippen LogP contribution in [0.25, 0.3) is 0 Å². The highest BCUT2D eigenvalue weighted by atomic mass is 16.5. The van der Waals surface area contributed by atoms with E-state index in [-0.39, 0.29) is 11.8 Å². The van der Waals surface area contributed by atoms with Gasteiger partial charge in [0.1, 0.15) is 17.2 Å². The van der Waals surface area contributed by atoms with Gasteiger partial charge >= 0.3 is 0 Å². The first-order valence-corrected chi connectivity index (χ1v) is 11.7. The van der Waals surface area contributed by atoms with Crippen LogP contribution >= 0.6 is 0 Å². The van der Waals surface area contributed by atoms with Crippen molar-refractivity contribution in [3.8, 4) is 17.2 Å². The highest BCUT2D eigenvalue weighted by Crippen LogP contribution is 2.37. The second-order valence-electron chi connectivity index (χ2n) is 8.10. The molecule has 2 amide bonds. The van der Waals surface area contributed by atoms with Crippen LogP contribution in [0.1, 0.15) is 42.3 Å². The van der Waals surface area contributed by atoms with Crippen LogP contribution in [0.3, 0.4) is 0 Å². The minimum Gasteiger partial charge on any atom is -0.492 e. The summed E-state index contributed by atoms with van der Waals surface area (Å²) in [5.41, 5.74) is 3.50. The molecule has 0 fully saturated rings. The van der Waals surface area contributed by atoms with Crippen molar-refractivity contribution in [2.45, 2.75) is 40.7 Å². The van der Waals surface area contributed by atoms with Gasteiger partial charge in [0, 0.05) is 17.7 Å². The van der Waals surface area contributed by atoms with Crippen molar-refractivity contribution in [3.63, 3.8) is 0 Å². The van der Waals surface area contributed by atoms with Crippen LogP contribution in [0.2, 0.25) is 0 Å². The molecule has 0 radical (unpaired) electrons. The predicted octanol–water partition coefficient (Wildman–Crippen LogP) is 5.76. The Hall–Kier alpha value is -4.00. The normalized spacial score (nSPS) is 11.3. The molecule has 1 unspecified atom stereocenters. The number of anilines is 2. The van der Waals surface area contributed by atoms with Gasteiger partial charge in [0.05, 0.1) is 24.6 Å². The molecule has 0 aliphatic heterocycles. The molecular weight excluding hydrogens is 444 g/mol. The van der Waals surface area contributed by atoms with Gasteiger partial charge in [0.15, 0.2) is 6.10 Å². The summed E-state index contributed by atoms with van der Waals surface area (Å²) in [5, 5.41) is 5.75. The van der Waals surface area contributed by atoms with E-state index in [1.54, 1.807) is 43.3 Å². The van der Waals surface area contributed by atoms with Gasteiger partial charge in [-0.15, -0.1) is 0 Å². The van der Waals surface area contributed by atoms with Gasteiger partial charge in [-0.05, 0) is 70.0 Å². The zero-order valence-corrected chi connectivity index (χ0v) is 20.8. The third-order valence-electron chi connectivity index (χ3n) is 5.10. The lowest BCUT2D eigenvalue weighted by Gasteiger charge is -2.20. The van der Waals surface area contributed by atoms with Gasteiger partial charge in [0.25, 0.3) is 11.8 Å². The molecule has 0 aliphatic carbocycles. The van der Waals surface area contributed by atoms with Crippen molar-refractivity contribution in [3.05, 3.63) is 77.4 Å². The molecule has 0 saturated heterocycles. The van der Waals surface area contributed by atoms with E-state index in [9.17, 15) is 9.59 Å². The minimum atomic E-state index is -0.751. The Morgan fingerprint density at radius 3 is 1.89 bits per heavy atom. The first-order chi connectivity index (χ1) is 16.8. The molecule has 0 spiro atoms. The van der Waals surface area contributed by atoms with Crippen LogP contribution in [-0.4, -0.2) is 31.1 Å². The molecule has 0 saturated carbocycles. The summed E-state index contributed by atoms with van der Waals surface area (Å²) in [6, 6.07) is 18.0. The van der Waals surface area contributed by atoms with Crippen molar-refractivity contribution < 1.29 is 23.8 Å². The van der Waals surface area contributed by atoms with Crippen molar-refractivity contribution >= 4 is 23.2 Å². The fraction of sp³-hybridized carbons (Fsp3) is 0.286. The maximum absolute atomic E-state index is 13.0. The van der Waals surface area contributed by atoms with E-state index >= 15 is 0 Å².